The van der Waals surface area contributed by atoms with Gasteiger partial charge in [0.25, 0.3) is 0 Å². The monoisotopic (exact) mass is 236 g/mol. The fraction of sp³-hybridized carbons (Fsp3) is 0.571. The quantitative estimate of drug-likeness (QED) is 0.745. The second kappa shape index (κ2) is 6.62. The van der Waals surface area contributed by atoms with Crippen molar-refractivity contribution in [2.45, 2.75) is 32.9 Å². The minimum Gasteiger partial charge on any atom is -0.384 e. The largest absolute Gasteiger partial charge is 0.384 e. The van der Waals surface area contributed by atoms with Gasteiger partial charge in [-0.1, -0.05) is 12.1 Å². The molecule has 0 saturated carbocycles. The Morgan fingerprint density at radius 3 is 2.24 bits per heavy atom. The Hall–Kier alpha value is -1.06. The van der Waals surface area contributed by atoms with E-state index in [2.05, 4.69) is 55.7 Å². The van der Waals surface area contributed by atoms with Crippen LogP contribution in [0.25, 0.3) is 0 Å². The van der Waals surface area contributed by atoms with Gasteiger partial charge < -0.3 is 15.4 Å². The summed E-state index contributed by atoms with van der Waals surface area (Å²) in [7, 11) is 1.71. The molecule has 96 valence electrons. The fourth-order valence-electron chi connectivity index (χ4n) is 1.53. The minimum atomic E-state index is 0.185. The highest BCUT2D eigenvalue weighted by atomic mass is 16.5. The van der Waals surface area contributed by atoms with Gasteiger partial charge in [-0.15, -0.1) is 0 Å². The molecule has 0 spiro atoms. The molecule has 3 nitrogen and oxygen atoms in total. The average molecular weight is 236 g/mol. The molecule has 0 unspecified atom stereocenters. The summed E-state index contributed by atoms with van der Waals surface area (Å²) < 4.78 is 5.07. The van der Waals surface area contributed by atoms with E-state index < -0.39 is 0 Å². The first-order valence-corrected chi connectivity index (χ1v) is 6.08. The summed E-state index contributed by atoms with van der Waals surface area (Å²) in [6, 6.07) is 8.35. The van der Waals surface area contributed by atoms with Crippen molar-refractivity contribution in [3.8, 4) is 0 Å². The summed E-state index contributed by atoms with van der Waals surface area (Å²) >= 11 is 0. The third kappa shape index (κ3) is 6.29. The van der Waals surface area contributed by atoms with Crippen molar-refractivity contribution in [3.63, 3.8) is 0 Å². The lowest BCUT2D eigenvalue weighted by atomic mass is 10.1. The zero-order chi connectivity index (χ0) is 12.7. The highest BCUT2D eigenvalue weighted by molar-refractivity contribution is 5.44. The van der Waals surface area contributed by atoms with E-state index in [9.17, 15) is 0 Å². The number of rotatable bonds is 6. The van der Waals surface area contributed by atoms with E-state index in [0.29, 0.717) is 6.61 Å². The molecule has 1 aromatic carbocycles. The molecule has 0 radical (unpaired) electrons. The topological polar surface area (TPSA) is 33.3 Å². The molecular formula is C14H24N2O. The number of anilines is 1. The zero-order valence-corrected chi connectivity index (χ0v) is 11.3. The van der Waals surface area contributed by atoms with Crippen LogP contribution >= 0.6 is 0 Å². The molecule has 1 aromatic rings. The molecule has 0 atom stereocenters. The number of hydrogen-bond donors (Lipinski definition) is 2. The number of hydrogen-bond acceptors (Lipinski definition) is 3. The fourth-order valence-corrected chi connectivity index (χ4v) is 1.53. The Bertz CT molecular complexity index is 314. The first-order valence-electron chi connectivity index (χ1n) is 6.08. The van der Waals surface area contributed by atoms with Crippen LogP contribution in [0.4, 0.5) is 5.69 Å². The lowest BCUT2D eigenvalue weighted by molar-refractivity contribution is 0.185. The van der Waals surface area contributed by atoms with Gasteiger partial charge in [0.05, 0.1) is 6.61 Å². The van der Waals surface area contributed by atoms with E-state index in [1.165, 1.54) is 5.56 Å². The molecule has 0 bridgehead atoms. The van der Waals surface area contributed by atoms with E-state index in [-0.39, 0.29) is 5.54 Å². The highest BCUT2D eigenvalue weighted by Gasteiger charge is 2.06. The predicted molar refractivity (Wildman–Crippen MR) is 73.4 cm³/mol. The zero-order valence-electron chi connectivity index (χ0n) is 11.3. The Labute approximate surface area is 105 Å². The van der Waals surface area contributed by atoms with Crippen molar-refractivity contribution in [3.05, 3.63) is 29.8 Å². The maximum atomic E-state index is 5.07. The summed E-state index contributed by atoms with van der Waals surface area (Å²) in [6.07, 6.45) is 0. The van der Waals surface area contributed by atoms with Crippen LogP contribution in [-0.4, -0.2) is 25.7 Å². The molecule has 0 aliphatic heterocycles. The van der Waals surface area contributed by atoms with Crippen LogP contribution in [0.3, 0.4) is 0 Å². The van der Waals surface area contributed by atoms with Crippen LogP contribution in [0.1, 0.15) is 26.3 Å². The van der Waals surface area contributed by atoms with Gasteiger partial charge in [0.2, 0.25) is 0 Å². The van der Waals surface area contributed by atoms with E-state index >= 15 is 0 Å². The van der Waals surface area contributed by atoms with Gasteiger partial charge in [-0.25, -0.2) is 0 Å². The van der Waals surface area contributed by atoms with Gasteiger partial charge in [-0.05, 0) is 38.5 Å². The molecule has 0 aliphatic rings. The lowest BCUT2D eigenvalue weighted by Gasteiger charge is -2.20. The molecule has 3 heteroatoms. The van der Waals surface area contributed by atoms with Crippen LogP contribution in [0, 0.1) is 0 Å². The molecule has 0 aromatic heterocycles. The molecule has 17 heavy (non-hydrogen) atoms. The van der Waals surface area contributed by atoms with Gasteiger partial charge in [0.15, 0.2) is 0 Å². The van der Waals surface area contributed by atoms with Crippen molar-refractivity contribution in [2.24, 2.45) is 0 Å². The summed E-state index contributed by atoms with van der Waals surface area (Å²) in [5.74, 6) is 0. The summed E-state index contributed by atoms with van der Waals surface area (Å²) in [6.45, 7) is 9.09. The maximum Gasteiger partial charge on any atom is 0.0713 e. The summed E-state index contributed by atoms with van der Waals surface area (Å²) in [4.78, 5) is 0. The Balaban J connectivity index is 2.27. The van der Waals surface area contributed by atoms with Crippen molar-refractivity contribution in [1.29, 1.82) is 0 Å². The SMILES string of the molecule is COCc1ccc(NCCNC(C)(C)C)cc1. The van der Waals surface area contributed by atoms with Crippen LogP contribution in [-0.2, 0) is 11.3 Å². The molecular weight excluding hydrogens is 212 g/mol. The van der Waals surface area contributed by atoms with Gasteiger partial charge in [-0.2, -0.15) is 0 Å². The van der Waals surface area contributed by atoms with Crippen molar-refractivity contribution in [2.75, 3.05) is 25.5 Å². The van der Waals surface area contributed by atoms with Gasteiger partial charge in [-0.3, -0.25) is 0 Å². The predicted octanol–water partition coefficient (Wildman–Crippen LogP) is 2.63. The first kappa shape index (κ1) is 14.0. The van der Waals surface area contributed by atoms with Gasteiger partial charge in [0, 0.05) is 31.4 Å². The van der Waals surface area contributed by atoms with E-state index in [1.807, 2.05) is 0 Å². The van der Waals surface area contributed by atoms with Crippen LogP contribution in [0.5, 0.6) is 0 Å². The smallest absolute Gasteiger partial charge is 0.0713 e. The maximum absolute atomic E-state index is 5.07. The van der Waals surface area contributed by atoms with Crippen molar-refractivity contribution in [1.82, 2.24) is 5.32 Å². The third-order valence-electron chi connectivity index (χ3n) is 2.37. The normalized spacial score (nSPS) is 11.5. The number of methoxy groups -OCH3 is 1. The van der Waals surface area contributed by atoms with Gasteiger partial charge in [0.1, 0.15) is 0 Å². The van der Waals surface area contributed by atoms with Gasteiger partial charge >= 0.3 is 0 Å². The number of nitrogens with one attached hydrogen (secondary N) is 2. The molecule has 0 aliphatic carbocycles. The van der Waals surface area contributed by atoms with Crippen molar-refractivity contribution >= 4 is 5.69 Å². The van der Waals surface area contributed by atoms with E-state index in [1.54, 1.807) is 7.11 Å². The Kier molecular flexibility index (Phi) is 5.45. The summed E-state index contributed by atoms with van der Waals surface area (Å²) in [5.41, 5.74) is 2.54. The molecule has 1 rings (SSSR count). The lowest BCUT2D eigenvalue weighted by Crippen LogP contribution is -2.38. The number of ether oxygens (including phenoxy) is 1. The van der Waals surface area contributed by atoms with Crippen LogP contribution in [0.15, 0.2) is 24.3 Å². The second-order valence-electron chi connectivity index (χ2n) is 5.23. The van der Waals surface area contributed by atoms with Crippen molar-refractivity contribution < 1.29 is 4.74 Å². The summed E-state index contributed by atoms with van der Waals surface area (Å²) in [5, 5.41) is 6.82. The van der Waals surface area contributed by atoms with Crippen LogP contribution < -0.4 is 10.6 Å². The van der Waals surface area contributed by atoms with E-state index in [0.717, 1.165) is 18.8 Å². The number of benzene rings is 1. The Morgan fingerprint density at radius 1 is 1.06 bits per heavy atom. The van der Waals surface area contributed by atoms with E-state index in [4.69, 9.17) is 4.74 Å². The Morgan fingerprint density at radius 2 is 1.71 bits per heavy atom. The second-order valence-corrected chi connectivity index (χ2v) is 5.23. The standard InChI is InChI=1S/C14H24N2O/c1-14(2,3)16-10-9-15-13-7-5-12(6-8-13)11-17-4/h5-8,15-16H,9-11H2,1-4H3. The first-order chi connectivity index (χ1) is 8.01. The molecule has 2 N–H and O–H groups in total. The highest BCUT2D eigenvalue weighted by Crippen LogP contribution is 2.09. The molecule has 0 saturated heterocycles. The third-order valence-corrected chi connectivity index (χ3v) is 2.37. The average Bonchev–Trinajstić information content (AvgIpc) is 2.26. The minimum absolute atomic E-state index is 0.185. The molecule has 0 fully saturated rings. The molecule has 0 heterocycles. The molecule has 0 amide bonds. The van der Waals surface area contributed by atoms with Crippen LogP contribution in [0.2, 0.25) is 0 Å².